The summed E-state index contributed by atoms with van der Waals surface area (Å²) in [6.45, 7) is 4.12. The minimum atomic E-state index is 0.686. The van der Waals surface area contributed by atoms with Crippen LogP contribution >= 0.6 is 0 Å². The Morgan fingerprint density at radius 1 is 0.370 bits per heavy atom. The van der Waals surface area contributed by atoms with Crippen LogP contribution in [0, 0.1) is 13.8 Å². The van der Waals surface area contributed by atoms with Crippen molar-refractivity contribution in [3.63, 3.8) is 0 Å². The van der Waals surface area contributed by atoms with Gasteiger partial charge in [0.05, 0.1) is 11.4 Å². The van der Waals surface area contributed by atoms with Gasteiger partial charge in [0.2, 0.25) is 0 Å². The summed E-state index contributed by atoms with van der Waals surface area (Å²) in [6.07, 6.45) is 0. The Morgan fingerprint density at radius 3 is 1.57 bits per heavy atom. The summed E-state index contributed by atoms with van der Waals surface area (Å²) in [5.41, 5.74) is 11.3. The van der Waals surface area contributed by atoms with Gasteiger partial charge in [0.25, 0.3) is 0 Å². The van der Waals surface area contributed by atoms with Gasteiger partial charge in [-0.05, 0) is 88.5 Å². The molecule has 0 aliphatic carbocycles. The van der Waals surface area contributed by atoms with E-state index in [0.29, 0.717) is 5.82 Å². The molecule has 0 aliphatic heterocycles. The van der Waals surface area contributed by atoms with Crippen LogP contribution in [0.1, 0.15) is 11.4 Å². The minimum absolute atomic E-state index is 0.686. The Bertz CT molecular complexity index is 2320. The fourth-order valence-corrected chi connectivity index (χ4v) is 6.44. The number of benzene rings is 6. The van der Waals surface area contributed by atoms with Crippen molar-refractivity contribution in [3.8, 4) is 56.2 Å². The van der Waals surface area contributed by atoms with Crippen LogP contribution in [-0.4, -0.2) is 15.0 Å². The molecular weight excluding hydrogens is 558 g/mol. The second-order valence-electron chi connectivity index (χ2n) is 11.8. The van der Waals surface area contributed by atoms with Crippen molar-refractivity contribution in [3.05, 3.63) is 163 Å². The van der Waals surface area contributed by atoms with Gasteiger partial charge in [0.15, 0.2) is 5.82 Å². The monoisotopic (exact) mass is 589 g/mol. The average Bonchev–Trinajstić information content (AvgIpc) is 3.11. The highest BCUT2D eigenvalue weighted by atomic mass is 14.9. The minimum Gasteiger partial charge on any atom is -0.258 e. The molecule has 0 saturated heterocycles. The lowest BCUT2D eigenvalue weighted by molar-refractivity contribution is 1.12. The molecule has 0 unspecified atom stereocenters. The van der Waals surface area contributed by atoms with Crippen molar-refractivity contribution in [2.24, 2.45) is 0 Å². The summed E-state index contributed by atoms with van der Waals surface area (Å²) >= 11 is 0. The maximum absolute atomic E-state index is 5.19. The van der Waals surface area contributed by atoms with E-state index < -0.39 is 0 Å². The maximum atomic E-state index is 5.19. The lowest BCUT2D eigenvalue weighted by atomic mass is 9.90. The van der Waals surface area contributed by atoms with Crippen LogP contribution < -0.4 is 0 Å². The number of hydrogen-bond donors (Lipinski definition) is 0. The number of rotatable bonds is 5. The molecule has 3 heteroatoms. The fourth-order valence-electron chi connectivity index (χ4n) is 6.44. The zero-order valence-corrected chi connectivity index (χ0v) is 25.8. The number of aryl methyl sites for hydroxylation is 2. The van der Waals surface area contributed by atoms with Crippen LogP contribution in [-0.2, 0) is 0 Å². The van der Waals surface area contributed by atoms with Crippen LogP contribution in [0.3, 0.4) is 0 Å². The highest BCUT2D eigenvalue weighted by Gasteiger charge is 2.16. The Hall–Kier alpha value is -5.93. The van der Waals surface area contributed by atoms with E-state index >= 15 is 0 Å². The lowest BCUT2D eigenvalue weighted by Gasteiger charge is -2.16. The first-order chi connectivity index (χ1) is 22.6. The normalized spacial score (nSPS) is 11.3. The van der Waals surface area contributed by atoms with E-state index in [4.69, 9.17) is 15.0 Å². The number of nitrogens with zero attached hydrogens (tertiary/aromatic N) is 3. The predicted molar refractivity (Wildman–Crippen MR) is 191 cm³/mol. The summed E-state index contributed by atoms with van der Waals surface area (Å²) < 4.78 is 0. The van der Waals surface area contributed by atoms with Crippen LogP contribution in [0.25, 0.3) is 77.7 Å². The highest BCUT2D eigenvalue weighted by Crippen LogP contribution is 2.39. The molecule has 0 atom stereocenters. The van der Waals surface area contributed by atoms with E-state index in [1.165, 1.54) is 27.1 Å². The SMILES string of the molecule is Cc1ccc(-c2cc(-c3nc(-c4ccccc4)cc(-c4ccccc4)n3)cc(-c3cc4ccccc4c4ccccc34)c2)c(C)n1. The first-order valence-corrected chi connectivity index (χ1v) is 15.6. The largest absolute Gasteiger partial charge is 0.258 e. The van der Waals surface area contributed by atoms with Gasteiger partial charge in [-0.1, -0.05) is 115 Å². The topological polar surface area (TPSA) is 38.7 Å². The Labute approximate surface area is 268 Å². The van der Waals surface area contributed by atoms with Gasteiger partial charge in [-0.2, -0.15) is 0 Å². The van der Waals surface area contributed by atoms with Gasteiger partial charge in [-0.25, -0.2) is 9.97 Å². The van der Waals surface area contributed by atoms with Crippen molar-refractivity contribution in [2.75, 3.05) is 0 Å². The molecule has 0 amide bonds. The van der Waals surface area contributed by atoms with Gasteiger partial charge in [0.1, 0.15) is 0 Å². The van der Waals surface area contributed by atoms with Crippen molar-refractivity contribution < 1.29 is 0 Å². The molecule has 0 spiro atoms. The molecule has 0 bridgehead atoms. The van der Waals surface area contributed by atoms with Gasteiger partial charge < -0.3 is 0 Å². The number of hydrogen-bond acceptors (Lipinski definition) is 3. The first-order valence-electron chi connectivity index (χ1n) is 15.6. The van der Waals surface area contributed by atoms with Crippen molar-refractivity contribution in [1.82, 2.24) is 15.0 Å². The smallest absolute Gasteiger partial charge is 0.160 e. The van der Waals surface area contributed by atoms with E-state index in [0.717, 1.165) is 56.2 Å². The molecule has 218 valence electrons. The van der Waals surface area contributed by atoms with Gasteiger partial charge >= 0.3 is 0 Å². The summed E-state index contributed by atoms with van der Waals surface area (Å²) in [5, 5.41) is 4.92. The number of aromatic nitrogens is 3. The van der Waals surface area contributed by atoms with Crippen molar-refractivity contribution >= 4 is 21.5 Å². The number of fused-ring (bicyclic) bond motifs is 3. The Balaban J connectivity index is 1.42. The molecule has 2 heterocycles. The molecule has 46 heavy (non-hydrogen) atoms. The first kappa shape index (κ1) is 27.6. The number of pyridine rings is 1. The highest BCUT2D eigenvalue weighted by molar-refractivity contribution is 6.14. The van der Waals surface area contributed by atoms with Crippen LogP contribution in [0.2, 0.25) is 0 Å². The quantitative estimate of drug-likeness (QED) is 0.187. The van der Waals surface area contributed by atoms with E-state index in [1.54, 1.807) is 0 Å². The molecule has 0 fully saturated rings. The summed E-state index contributed by atoms with van der Waals surface area (Å²) in [7, 11) is 0. The maximum Gasteiger partial charge on any atom is 0.160 e. The van der Waals surface area contributed by atoms with Gasteiger partial charge in [0, 0.05) is 33.6 Å². The fraction of sp³-hybridized carbons (Fsp3) is 0.0465. The Kier molecular flexibility index (Phi) is 6.92. The zero-order valence-electron chi connectivity index (χ0n) is 25.8. The third kappa shape index (κ3) is 5.12. The summed E-state index contributed by atoms with van der Waals surface area (Å²) in [6, 6.07) is 53.4. The van der Waals surface area contributed by atoms with E-state index in [1.807, 2.05) is 19.1 Å². The van der Waals surface area contributed by atoms with E-state index in [2.05, 4.69) is 146 Å². The molecule has 6 aromatic carbocycles. The zero-order chi connectivity index (χ0) is 31.0. The standard InChI is InChI=1S/C43H31N3/c1-28-21-22-36(29(2)44-28)33-23-34(40-26-32-17-9-10-18-37(32)38-19-11-12-20-39(38)40)25-35(24-33)43-45-41(30-13-5-3-6-14-30)27-42(46-43)31-15-7-4-8-16-31/h3-27H,1-2H3. The molecule has 0 saturated carbocycles. The van der Waals surface area contributed by atoms with E-state index in [9.17, 15) is 0 Å². The van der Waals surface area contributed by atoms with Crippen LogP contribution in [0.4, 0.5) is 0 Å². The summed E-state index contributed by atoms with van der Waals surface area (Å²) in [5.74, 6) is 0.686. The third-order valence-corrected chi connectivity index (χ3v) is 8.67. The second kappa shape index (κ2) is 11.5. The van der Waals surface area contributed by atoms with E-state index in [-0.39, 0.29) is 0 Å². The molecule has 0 radical (unpaired) electrons. The lowest BCUT2D eigenvalue weighted by Crippen LogP contribution is -1.97. The van der Waals surface area contributed by atoms with Gasteiger partial charge in [-0.15, -0.1) is 0 Å². The van der Waals surface area contributed by atoms with Crippen molar-refractivity contribution in [2.45, 2.75) is 13.8 Å². The molecule has 2 aromatic heterocycles. The molecule has 8 aromatic rings. The molecular formula is C43H31N3. The average molecular weight is 590 g/mol. The van der Waals surface area contributed by atoms with Crippen LogP contribution in [0.15, 0.2) is 152 Å². The predicted octanol–water partition coefficient (Wildman–Crippen LogP) is 11.1. The molecule has 8 rings (SSSR count). The Morgan fingerprint density at radius 2 is 0.913 bits per heavy atom. The van der Waals surface area contributed by atoms with Gasteiger partial charge in [-0.3, -0.25) is 4.98 Å². The third-order valence-electron chi connectivity index (χ3n) is 8.67. The molecule has 3 nitrogen and oxygen atoms in total. The second-order valence-corrected chi connectivity index (χ2v) is 11.8. The molecule has 0 N–H and O–H groups in total. The van der Waals surface area contributed by atoms with Crippen molar-refractivity contribution in [1.29, 1.82) is 0 Å². The van der Waals surface area contributed by atoms with Crippen LogP contribution in [0.5, 0.6) is 0 Å². The molecule has 0 aliphatic rings. The summed E-state index contributed by atoms with van der Waals surface area (Å²) in [4.78, 5) is 15.2.